The normalized spacial score (nSPS) is 10.6. The summed E-state index contributed by atoms with van der Waals surface area (Å²) in [7, 11) is 3.19. The fourth-order valence-corrected chi connectivity index (χ4v) is 3.62. The summed E-state index contributed by atoms with van der Waals surface area (Å²) in [5.41, 5.74) is 1.55. The first kappa shape index (κ1) is 17.9. The van der Waals surface area contributed by atoms with E-state index in [4.69, 9.17) is 14.2 Å². The zero-order valence-electron chi connectivity index (χ0n) is 15.0. The SMILES string of the molecule is CCOC(=O)c1sc2ncnc(Nc3cc(OC)cc(OC)c3)c2c1C. The quantitative estimate of drug-likeness (QED) is 0.655. The smallest absolute Gasteiger partial charge is 0.348 e. The minimum absolute atomic E-state index is 0.326. The Morgan fingerprint density at radius 3 is 2.46 bits per heavy atom. The van der Waals surface area contributed by atoms with Gasteiger partial charge in [0.25, 0.3) is 0 Å². The Kier molecular flexibility index (Phi) is 5.22. The molecule has 0 aliphatic rings. The summed E-state index contributed by atoms with van der Waals surface area (Å²) in [4.78, 5) is 22.0. The average Bonchev–Trinajstić information content (AvgIpc) is 2.99. The molecular weight excluding hydrogens is 354 g/mol. The molecule has 0 aliphatic heterocycles. The summed E-state index contributed by atoms with van der Waals surface area (Å²) < 4.78 is 15.7. The summed E-state index contributed by atoms with van der Waals surface area (Å²) in [6, 6.07) is 5.46. The number of esters is 1. The molecule has 0 spiro atoms. The molecule has 8 heteroatoms. The van der Waals surface area contributed by atoms with Crippen LogP contribution >= 0.6 is 11.3 Å². The fourth-order valence-electron chi connectivity index (χ4n) is 2.57. The first-order valence-electron chi connectivity index (χ1n) is 7.98. The number of fused-ring (bicyclic) bond motifs is 1. The molecule has 3 rings (SSSR count). The van der Waals surface area contributed by atoms with E-state index < -0.39 is 0 Å². The van der Waals surface area contributed by atoms with Crippen molar-refractivity contribution in [2.24, 2.45) is 0 Å². The van der Waals surface area contributed by atoms with Crippen molar-refractivity contribution in [1.29, 1.82) is 0 Å². The number of thiophene rings is 1. The number of ether oxygens (including phenoxy) is 3. The number of hydrogen-bond donors (Lipinski definition) is 1. The molecule has 7 nitrogen and oxygen atoms in total. The summed E-state index contributed by atoms with van der Waals surface area (Å²) in [5, 5.41) is 4.06. The van der Waals surface area contributed by atoms with E-state index in [0.29, 0.717) is 28.8 Å². The van der Waals surface area contributed by atoms with Crippen molar-refractivity contribution in [2.45, 2.75) is 13.8 Å². The molecule has 0 atom stereocenters. The maximum atomic E-state index is 12.2. The summed E-state index contributed by atoms with van der Waals surface area (Å²) in [5.74, 6) is 1.58. The second-order valence-electron chi connectivity index (χ2n) is 5.41. The van der Waals surface area contributed by atoms with Gasteiger partial charge < -0.3 is 19.5 Å². The lowest BCUT2D eigenvalue weighted by molar-refractivity contribution is 0.0531. The number of carbonyl (C=O) groups excluding carboxylic acids is 1. The molecule has 26 heavy (non-hydrogen) atoms. The first-order chi connectivity index (χ1) is 12.6. The molecule has 0 amide bonds. The van der Waals surface area contributed by atoms with Crippen molar-refractivity contribution in [3.8, 4) is 11.5 Å². The molecule has 0 radical (unpaired) electrons. The number of rotatable bonds is 6. The molecule has 136 valence electrons. The number of methoxy groups -OCH3 is 2. The summed E-state index contributed by atoms with van der Waals surface area (Å²) in [6.45, 7) is 3.97. The summed E-state index contributed by atoms with van der Waals surface area (Å²) in [6.07, 6.45) is 1.47. The number of anilines is 2. The maximum absolute atomic E-state index is 12.2. The van der Waals surface area contributed by atoms with Gasteiger partial charge in [0, 0.05) is 23.9 Å². The first-order valence-corrected chi connectivity index (χ1v) is 8.80. The van der Waals surface area contributed by atoms with Crippen LogP contribution in [0.3, 0.4) is 0 Å². The molecule has 2 aromatic heterocycles. The number of benzene rings is 1. The minimum Gasteiger partial charge on any atom is -0.497 e. The van der Waals surface area contributed by atoms with Crippen molar-refractivity contribution in [3.63, 3.8) is 0 Å². The molecule has 0 unspecified atom stereocenters. The zero-order chi connectivity index (χ0) is 18.7. The highest BCUT2D eigenvalue weighted by atomic mass is 32.1. The van der Waals surface area contributed by atoms with Crippen LogP contribution in [0.25, 0.3) is 10.2 Å². The van der Waals surface area contributed by atoms with E-state index in [1.165, 1.54) is 17.7 Å². The molecule has 3 aromatic rings. The van der Waals surface area contributed by atoms with Crippen LogP contribution in [0.5, 0.6) is 11.5 Å². The van der Waals surface area contributed by atoms with E-state index in [-0.39, 0.29) is 5.97 Å². The van der Waals surface area contributed by atoms with Crippen LogP contribution in [-0.4, -0.2) is 36.8 Å². The van der Waals surface area contributed by atoms with Crippen molar-refractivity contribution >= 4 is 39.0 Å². The summed E-state index contributed by atoms with van der Waals surface area (Å²) >= 11 is 1.30. The van der Waals surface area contributed by atoms with E-state index in [0.717, 1.165) is 21.5 Å². The lowest BCUT2D eigenvalue weighted by Gasteiger charge is -2.11. The molecule has 1 N–H and O–H groups in total. The third-order valence-electron chi connectivity index (χ3n) is 3.80. The maximum Gasteiger partial charge on any atom is 0.348 e. The molecule has 2 heterocycles. The predicted molar refractivity (Wildman–Crippen MR) is 101 cm³/mol. The van der Waals surface area contributed by atoms with Gasteiger partial charge >= 0.3 is 5.97 Å². The second-order valence-corrected chi connectivity index (χ2v) is 6.40. The Morgan fingerprint density at radius 1 is 1.15 bits per heavy atom. The average molecular weight is 373 g/mol. The minimum atomic E-state index is -0.345. The standard InChI is InChI=1S/C18H19N3O4S/c1-5-25-18(22)15-10(2)14-16(19-9-20-17(14)26-15)21-11-6-12(23-3)8-13(7-11)24-4/h6-9H,5H2,1-4H3,(H,19,20,21). The fraction of sp³-hybridized carbons (Fsp3) is 0.278. The molecule has 0 bridgehead atoms. The number of aromatic nitrogens is 2. The van der Waals surface area contributed by atoms with Crippen molar-refractivity contribution in [1.82, 2.24) is 9.97 Å². The van der Waals surface area contributed by atoms with Gasteiger partial charge in [-0.3, -0.25) is 0 Å². The van der Waals surface area contributed by atoms with Crippen LogP contribution in [0.1, 0.15) is 22.2 Å². The largest absolute Gasteiger partial charge is 0.497 e. The Labute approximate surface area is 154 Å². The number of carbonyl (C=O) groups is 1. The Morgan fingerprint density at radius 2 is 1.85 bits per heavy atom. The van der Waals surface area contributed by atoms with Crippen LogP contribution in [0.15, 0.2) is 24.5 Å². The van der Waals surface area contributed by atoms with Gasteiger partial charge in [0.15, 0.2) is 0 Å². The van der Waals surface area contributed by atoms with Crippen molar-refractivity contribution in [3.05, 3.63) is 35.0 Å². The third-order valence-corrected chi connectivity index (χ3v) is 4.98. The molecule has 0 fully saturated rings. The van der Waals surface area contributed by atoms with Gasteiger partial charge in [-0.15, -0.1) is 11.3 Å². The molecule has 0 saturated heterocycles. The van der Waals surface area contributed by atoms with E-state index in [1.54, 1.807) is 27.2 Å². The van der Waals surface area contributed by atoms with Gasteiger partial charge in [-0.1, -0.05) is 0 Å². The van der Waals surface area contributed by atoms with Crippen LogP contribution in [0.2, 0.25) is 0 Å². The van der Waals surface area contributed by atoms with Gasteiger partial charge in [0.2, 0.25) is 0 Å². The lowest BCUT2D eigenvalue weighted by Crippen LogP contribution is -2.03. The predicted octanol–water partition coefficient (Wildman–Crippen LogP) is 3.94. The third kappa shape index (κ3) is 3.41. The van der Waals surface area contributed by atoms with E-state index in [9.17, 15) is 4.79 Å². The van der Waals surface area contributed by atoms with E-state index in [2.05, 4.69) is 15.3 Å². The Balaban J connectivity index is 2.05. The molecule has 1 aromatic carbocycles. The molecule has 0 aliphatic carbocycles. The van der Waals surface area contributed by atoms with Gasteiger partial charge in [-0.05, 0) is 19.4 Å². The second kappa shape index (κ2) is 7.57. The lowest BCUT2D eigenvalue weighted by atomic mass is 10.2. The van der Waals surface area contributed by atoms with Gasteiger partial charge in [0.05, 0.1) is 26.2 Å². The Hall–Kier alpha value is -2.87. The monoisotopic (exact) mass is 373 g/mol. The van der Waals surface area contributed by atoms with Gasteiger partial charge in [-0.2, -0.15) is 0 Å². The highest BCUT2D eigenvalue weighted by Crippen LogP contribution is 2.36. The number of aryl methyl sites for hydroxylation is 1. The van der Waals surface area contributed by atoms with E-state index >= 15 is 0 Å². The van der Waals surface area contributed by atoms with Gasteiger partial charge in [0.1, 0.15) is 33.4 Å². The zero-order valence-corrected chi connectivity index (χ0v) is 15.8. The highest BCUT2D eigenvalue weighted by molar-refractivity contribution is 7.20. The van der Waals surface area contributed by atoms with Crippen LogP contribution in [0, 0.1) is 6.92 Å². The van der Waals surface area contributed by atoms with Crippen LogP contribution < -0.4 is 14.8 Å². The molecular formula is C18H19N3O4S. The van der Waals surface area contributed by atoms with Crippen molar-refractivity contribution < 1.29 is 19.0 Å². The molecule has 0 saturated carbocycles. The topological polar surface area (TPSA) is 82.6 Å². The van der Waals surface area contributed by atoms with Crippen molar-refractivity contribution in [2.75, 3.05) is 26.1 Å². The van der Waals surface area contributed by atoms with E-state index in [1.807, 2.05) is 19.1 Å². The Bertz CT molecular complexity index is 933. The highest BCUT2D eigenvalue weighted by Gasteiger charge is 2.20. The van der Waals surface area contributed by atoms with Crippen LogP contribution in [0.4, 0.5) is 11.5 Å². The van der Waals surface area contributed by atoms with Gasteiger partial charge in [-0.25, -0.2) is 14.8 Å². The van der Waals surface area contributed by atoms with Crippen LogP contribution in [-0.2, 0) is 4.74 Å². The number of nitrogens with zero attached hydrogens (tertiary/aromatic N) is 2. The number of hydrogen-bond acceptors (Lipinski definition) is 8. The number of nitrogens with one attached hydrogen (secondary N) is 1.